The van der Waals surface area contributed by atoms with Crippen LogP contribution in [0.1, 0.15) is 43.6 Å². The molecule has 0 saturated carbocycles. The third kappa shape index (κ3) is 2.89. The molecule has 6 heteroatoms. The number of carbonyl (C=O) groups is 1. The standard InChI is InChI=1S/C20H23BN2O3/c1-19(2)20(3,4)26-21(25-19)12-13-9-10-16-17(11-13)23-18(24)14-7-5-6-8-15(14)22-16/h5-11,22H,12H2,1-4H3,(H,23,24). The van der Waals surface area contributed by atoms with Crippen molar-refractivity contribution in [2.24, 2.45) is 0 Å². The van der Waals surface area contributed by atoms with E-state index in [1.54, 1.807) is 0 Å². The predicted octanol–water partition coefficient (Wildman–Crippen LogP) is 4.17. The van der Waals surface area contributed by atoms with E-state index in [0.717, 1.165) is 22.6 Å². The number of para-hydroxylation sites is 1. The quantitative estimate of drug-likeness (QED) is 0.798. The highest BCUT2D eigenvalue weighted by Gasteiger charge is 2.50. The fourth-order valence-electron chi connectivity index (χ4n) is 3.30. The number of hydrogen-bond acceptors (Lipinski definition) is 4. The monoisotopic (exact) mass is 350 g/mol. The van der Waals surface area contributed by atoms with E-state index in [-0.39, 0.29) is 24.2 Å². The molecule has 5 nitrogen and oxygen atoms in total. The molecule has 4 rings (SSSR count). The number of hydrogen-bond donors (Lipinski definition) is 2. The number of rotatable bonds is 2. The van der Waals surface area contributed by atoms with Crippen LogP contribution in [0.2, 0.25) is 0 Å². The molecule has 2 N–H and O–H groups in total. The van der Waals surface area contributed by atoms with Gasteiger partial charge < -0.3 is 19.9 Å². The van der Waals surface area contributed by atoms with Crippen LogP contribution >= 0.6 is 0 Å². The van der Waals surface area contributed by atoms with Crippen LogP contribution in [0.3, 0.4) is 0 Å². The molecule has 2 heterocycles. The summed E-state index contributed by atoms with van der Waals surface area (Å²) in [4.78, 5) is 12.5. The van der Waals surface area contributed by atoms with E-state index < -0.39 is 0 Å². The highest BCUT2D eigenvalue weighted by molar-refractivity contribution is 6.45. The van der Waals surface area contributed by atoms with Crippen molar-refractivity contribution >= 4 is 30.1 Å². The Hall–Kier alpha value is -2.31. The van der Waals surface area contributed by atoms with Gasteiger partial charge in [0.2, 0.25) is 0 Å². The Morgan fingerprint density at radius 1 is 0.885 bits per heavy atom. The Morgan fingerprint density at radius 2 is 1.58 bits per heavy atom. The topological polar surface area (TPSA) is 59.6 Å². The lowest BCUT2D eigenvalue weighted by Crippen LogP contribution is -2.41. The minimum Gasteiger partial charge on any atom is -0.403 e. The van der Waals surface area contributed by atoms with Gasteiger partial charge in [0.15, 0.2) is 0 Å². The second-order valence-electron chi connectivity index (χ2n) is 7.89. The van der Waals surface area contributed by atoms with Gasteiger partial charge in [0.25, 0.3) is 5.91 Å². The molecule has 2 aromatic rings. The van der Waals surface area contributed by atoms with Gasteiger partial charge >= 0.3 is 7.12 Å². The normalized spacial score (nSPS) is 19.8. The number of fused-ring (bicyclic) bond motifs is 2. The summed E-state index contributed by atoms with van der Waals surface area (Å²) < 4.78 is 12.2. The Labute approximate surface area is 154 Å². The Balaban J connectivity index is 1.58. The lowest BCUT2D eigenvalue weighted by Gasteiger charge is -2.32. The summed E-state index contributed by atoms with van der Waals surface area (Å²) in [5.74, 6) is -0.111. The molecule has 26 heavy (non-hydrogen) atoms. The molecule has 134 valence electrons. The third-order valence-corrected chi connectivity index (χ3v) is 5.48. The van der Waals surface area contributed by atoms with Crippen LogP contribution in [0, 0.1) is 0 Å². The molecule has 0 atom stereocenters. The van der Waals surface area contributed by atoms with Gasteiger partial charge in [0.1, 0.15) is 0 Å². The number of anilines is 3. The van der Waals surface area contributed by atoms with E-state index in [4.69, 9.17) is 9.31 Å². The first-order valence-electron chi connectivity index (χ1n) is 8.91. The van der Waals surface area contributed by atoms with Gasteiger partial charge in [-0.1, -0.05) is 18.2 Å². The summed E-state index contributed by atoms with van der Waals surface area (Å²) in [5.41, 5.74) is 3.44. The smallest absolute Gasteiger partial charge is 0.403 e. The van der Waals surface area contributed by atoms with Crippen LogP contribution in [0.15, 0.2) is 42.5 Å². The van der Waals surface area contributed by atoms with E-state index >= 15 is 0 Å². The van der Waals surface area contributed by atoms with Crippen molar-refractivity contribution in [3.63, 3.8) is 0 Å². The van der Waals surface area contributed by atoms with Crippen LogP contribution in [-0.4, -0.2) is 24.2 Å². The molecular formula is C20H23BN2O3. The number of nitrogens with one attached hydrogen (secondary N) is 2. The van der Waals surface area contributed by atoms with Crippen molar-refractivity contribution < 1.29 is 14.1 Å². The Kier molecular flexibility index (Phi) is 3.86. The van der Waals surface area contributed by atoms with Gasteiger partial charge in [-0.3, -0.25) is 4.79 Å². The summed E-state index contributed by atoms with van der Waals surface area (Å²) in [6.45, 7) is 8.19. The van der Waals surface area contributed by atoms with Crippen molar-refractivity contribution in [2.45, 2.75) is 45.2 Å². The van der Waals surface area contributed by atoms with E-state index in [2.05, 4.69) is 10.6 Å². The lowest BCUT2D eigenvalue weighted by molar-refractivity contribution is 0.00578. The highest BCUT2D eigenvalue weighted by atomic mass is 16.7. The summed E-state index contributed by atoms with van der Waals surface area (Å²) in [7, 11) is -0.301. The van der Waals surface area contributed by atoms with E-state index in [9.17, 15) is 4.79 Å². The minimum atomic E-state index is -0.346. The average molecular weight is 350 g/mol. The second-order valence-corrected chi connectivity index (χ2v) is 7.89. The number of carbonyl (C=O) groups excluding carboxylic acids is 1. The Morgan fingerprint density at radius 3 is 2.31 bits per heavy atom. The predicted molar refractivity (Wildman–Crippen MR) is 104 cm³/mol. The molecule has 2 aromatic carbocycles. The fourth-order valence-corrected chi connectivity index (χ4v) is 3.30. The maximum absolute atomic E-state index is 12.5. The molecule has 2 aliphatic heterocycles. The molecule has 1 fully saturated rings. The number of benzene rings is 2. The molecule has 0 unspecified atom stereocenters. The first kappa shape index (κ1) is 17.1. The molecule has 0 spiro atoms. The van der Waals surface area contributed by atoms with Gasteiger partial charge in [-0.25, -0.2) is 0 Å². The first-order valence-corrected chi connectivity index (χ1v) is 8.91. The van der Waals surface area contributed by atoms with Gasteiger partial charge in [0.05, 0.1) is 33.8 Å². The van der Waals surface area contributed by atoms with Crippen LogP contribution in [-0.2, 0) is 15.6 Å². The molecule has 1 amide bonds. The molecule has 0 aromatic heterocycles. The van der Waals surface area contributed by atoms with Crippen LogP contribution < -0.4 is 10.6 Å². The van der Waals surface area contributed by atoms with Crippen LogP contribution in [0.25, 0.3) is 0 Å². The minimum absolute atomic E-state index is 0.111. The van der Waals surface area contributed by atoms with E-state index in [0.29, 0.717) is 11.9 Å². The molecular weight excluding hydrogens is 327 g/mol. The summed E-state index contributed by atoms with van der Waals surface area (Å²) in [6.07, 6.45) is 0.628. The van der Waals surface area contributed by atoms with E-state index in [1.807, 2.05) is 70.2 Å². The summed E-state index contributed by atoms with van der Waals surface area (Å²) in [6, 6.07) is 13.5. The molecule has 0 radical (unpaired) electrons. The third-order valence-electron chi connectivity index (χ3n) is 5.48. The maximum atomic E-state index is 12.5. The SMILES string of the molecule is CC1(C)OB(Cc2ccc3c(c2)NC(=O)c2ccccc2N3)OC1(C)C. The summed E-state index contributed by atoms with van der Waals surface area (Å²) in [5, 5.41) is 6.33. The van der Waals surface area contributed by atoms with Crippen molar-refractivity contribution in [3.8, 4) is 0 Å². The van der Waals surface area contributed by atoms with Gasteiger partial charge in [0, 0.05) is 6.32 Å². The summed E-state index contributed by atoms with van der Waals surface area (Å²) >= 11 is 0. The zero-order chi connectivity index (χ0) is 18.5. The highest BCUT2D eigenvalue weighted by Crippen LogP contribution is 2.38. The molecule has 2 aliphatic rings. The van der Waals surface area contributed by atoms with Gasteiger partial charge in [-0.15, -0.1) is 0 Å². The van der Waals surface area contributed by atoms with Crippen molar-refractivity contribution in [1.29, 1.82) is 0 Å². The second kappa shape index (κ2) is 5.86. The van der Waals surface area contributed by atoms with E-state index in [1.165, 1.54) is 0 Å². The van der Waals surface area contributed by atoms with Crippen LogP contribution in [0.4, 0.5) is 17.1 Å². The lowest BCUT2D eigenvalue weighted by atomic mass is 9.80. The van der Waals surface area contributed by atoms with Crippen LogP contribution in [0.5, 0.6) is 0 Å². The Bertz CT molecular complexity index is 863. The fraction of sp³-hybridized carbons (Fsp3) is 0.350. The van der Waals surface area contributed by atoms with Gasteiger partial charge in [-0.05, 0) is 57.5 Å². The van der Waals surface area contributed by atoms with Crippen molar-refractivity contribution in [3.05, 3.63) is 53.6 Å². The molecule has 1 saturated heterocycles. The van der Waals surface area contributed by atoms with Crippen molar-refractivity contribution in [1.82, 2.24) is 0 Å². The zero-order valence-electron chi connectivity index (χ0n) is 15.6. The van der Waals surface area contributed by atoms with Crippen molar-refractivity contribution in [2.75, 3.05) is 10.6 Å². The largest absolute Gasteiger partial charge is 0.462 e. The molecule has 0 bridgehead atoms. The first-order chi connectivity index (χ1) is 12.2. The molecule has 0 aliphatic carbocycles. The maximum Gasteiger partial charge on any atom is 0.462 e. The number of amides is 1. The average Bonchev–Trinajstić information content (AvgIpc) is 2.69. The van der Waals surface area contributed by atoms with Gasteiger partial charge in [-0.2, -0.15) is 0 Å². The zero-order valence-corrected chi connectivity index (χ0v) is 15.6.